The first-order chi connectivity index (χ1) is 11.0. The fraction of sp³-hybridized carbons (Fsp3) is 0.600. The number of hydrogen-bond acceptors (Lipinski definition) is 5. The average Bonchev–Trinajstić information content (AvgIpc) is 3.17. The average molecular weight is 373 g/mol. The summed E-state index contributed by atoms with van der Waals surface area (Å²) in [6, 6.07) is 3.34. The van der Waals surface area contributed by atoms with E-state index < -0.39 is 10.0 Å². The Bertz CT molecular complexity index is 692. The molecule has 8 heteroatoms. The van der Waals surface area contributed by atoms with E-state index in [0.717, 1.165) is 37.0 Å². The van der Waals surface area contributed by atoms with Gasteiger partial charge in [-0.1, -0.05) is 44.0 Å². The maximum absolute atomic E-state index is 12.7. The number of carbonyl (C=O) groups is 1. The van der Waals surface area contributed by atoms with Crippen LogP contribution in [0.1, 0.15) is 45.4 Å². The van der Waals surface area contributed by atoms with Crippen LogP contribution in [0.5, 0.6) is 0 Å². The third-order valence-electron chi connectivity index (χ3n) is 4.22. The quantitative estimate of drug-likeness (QED) is 0.811. The maximum Gasteiger partial charge on any atom is 0.294 e. The molecule has 2 heterocycles. The Hall–Kier alpha value is -0.860. The number of amidine groups is 1. The highest BCUT2D eigenvalue weighted by atomic mass is 32.2. The number of sulfonamides is 1. The maximum atomic E-state index is 12.7. The lowest BCUT2D eigenvalue weighted by molar-refractivity contribution is -0.128. The Morgan fingerprint density at radius 2 is 2.04 bits per heavy atom. The minimum absolute atomic E-state index is 0.0181. The zero-order valence-corrected chi connectivity index (χ0v) is 15.4. The molecule has 0 radical (unpaired) electrons. The Balaban J connectivity index is 1.94. The van der Waals surface area contributed by atoms with E-state index in [0.29, 0.717) is 11.6 Å². The molecular formula is C15H20N2O3S3. The van der Waals surface area contributed by atoms with Crippen LogP contribution >= 0.6 is 23.1 Å². The van der Waals surface area contributed by atoms with Gasteiger partial charge in [0.25, 0.3) is 10.0 Å². The van der Waals surface area contributed by atoms with Crippen LogP contribution in [0.2, 0.25) is 0 Å². The largest absolute Gasteiger partial charge is 0.294 e. The molecule has 23 heavy (non-hydrogen) atoms. The van der Waals surface area contributed by atoms with E-state index in [-0.39, 0.29) is 21.4 Å². The summed E-state index contributed by atoms with van der Waals surface area (Å²) in [5.41, 5.74) is 0. The number of amides is 1. The van der Waals surface area contributed by atoms with E-state index in [2.05, 4.69) is 4.40 Å². The van der Waals surface area contributed by atoms with Crippen LogP contribution in [-0.4, -0.2) is 35.7 Å². The van der Waals surface area contributed by atoms with Gasteiger partial charge in [-0.15, -0.1) is 15.7 Å². The molecule has 1 aliphatic carbocycles. The summed E-state index contributed by atoms with van der Waals surface area (Å²) in [5, 5.41) is 1.87. The first-order valence-corrected chi connectivity index (χ1v) is 11.1. The van der Waals surface area contributed by atoms with Crippen molar-refractivity contribution in [3.8, 4) is 0 Å². The van der Waals surface area contributed by atoms with Crippen molar-refractivity contribution in [2.45, 2.75) is 60.9 Å². The molecule has 2 aliphatic rings. The van der Waals surface area contributed by atoms with Crippen LogP contribution in [0.4, 0.5) is 0 Å². The molecular weight excluding hydrogens is 352 g/mol. The van der Waals surface area contributed by atoms with Crippen LogP contribution in [0.25, 0.3) is 0 Å². The molecule has 3 rings (SSSR count). The molecule has 0 unspecified atom stereocenters. The molecule has 126 valence electrons. The van der Waals surface area contributed by atoms with Gasteiger partial charge >= 0.3 is 0 Å². The summed E-state index contributed by atoms with van der Waals surface area (Å²) in [7, 11) is -3.74. The van der Waals surface area contributed by atoms with Crippen molar-refractivity contribution in [3.05, 3.63) is 17.5 Å². The molecule has 1 aromatic rings. The summed E-state index contributed by atoms with van der Waals surface area (Å²) in [6.07, 6.45) is 5.90. The molecule has 1 saturated heterocycles. The molecule has 1 saturated carbocycles. The third kappa shape index (κ3) is 3.49. The van der Waals surface area contributed by atoms with Crippen LogP contribution in [0, 0.1) is 0 Å². The molecule has 1 aliphatic heterocycles. The third-order valence-corrected chi connectivity index (χ3v) is 8.30. The van der Waals surface area contributed by atoms with Crippen LogP contribution in [0.3, 0.4) is 0 Å². The predicted octanol–water partition coefficient (Wildman–Crippen LogP) is 3.48. The number of nitrogens with zero attached hydrogens (tertiary/aromatic N) is 2. The molecule has 0 N–H and O–H groups in total. The van der Waals surface area contributed by atoms with E-state index in [4.69, 9.17) is 0 Å². The van der Waals surface area contributed by atoms with Crippen LogP contribution in [0.15, 0.2) is 26.1 Å². The molecule has 1 aromatic heterocycles. The van der Waals surface area contributed by atoms with Gasteiger partial charge in [0.1, 0.15) is 4.21 Å². The van der Waals surface area contributed by atoms with Crippen LogP contribution in [-0.2, 0) is 14.8 Å². The van der Waals surface area contributed by atoms with E-state index in [1.165, 1.54) is 18.2 Å². The molecule has 0 bridgehead atoms. The zero-order chi connectivity index (χ0) is 16.4. The van der Waals surface area contributed by atoms with Gasteiger partial charge in [-0.25, -0.2) is 0 Å². The van der Waals surface area contributed by atoms with E-state index >= 15 is 0 Å². The Morgan fingerprint density at radius 3 is 2.65 bits per heavy atom. The normalized spacial score (nSPS) is 25.4. The monoisotopic (exact) mass is 372 g/mol. The van der Waals surface area contributed by atoms with Gasteiger partial charge in [0.2, 0.25) is 5.91 Å². The van der Waals surface area contributed by atoms with Crippen molar-refractivity contribution in [1.82, 2.24) is 4.90 Å². The lowest BCUT2D eigenvalue weighted by Gasteiger charge is -2.30. The standard InChI is InChI=1S/C15H20N2O3S3/c1-2-12-14(18)17(11-7-4-3-5-8-11)15(22-12)16-23(19,20)13-9-6-10-21-13/h6,9-12H,2-5,7-8H2,1H3/t12-/m0/s1. The summed E-state index contributed by atoms with van der Waals surface area (Å²) >= 11 is 2.45. The summed E-state index contributed by atoms with van der Waals surface area (Å²) in [5.74, 6) is 0.0181. The molecule has 0 aromatic carbocycles. The number of hydrogen-bond donors (Lipinski definition) is 0. The molecule has 1 atom stereocenters. The topological polar surface area (TPSA) is 66.8 Å². The number of thioether (sulfide) groups is 1. The summed E-state index contributed by atoms with van der Waals surface area (Å²) in [4.78, 5) is 14.3. The van der Waals surface area contributed by atoms with Crippen LogP contribution < -0.4 is 0 Å². The number of thiophene rings is 1. The minimum atomic E-state index is -3.74. The van der Waals surface area contributed by atoms with Crippen molar-refractivity contribution in [1.29, 1.82) is 0 Å². The lowest BCUT2D eigenvalue weighted by Crippen LogP contribution is -2.42. The summed E-state index contributed by atoms with van der Waals surface area (Å²) < 4.78 is 29.1. The second kappa shape index (κ2) is 6.94. The predicted molar refractivity (Wildman–Crippen MR) is 94.3 cm³/mol. The van der Waals surface area contributed by atoms with Crippen molar-refractivity contribution in [3.63, 3.8) is 0 Å². The summed E-state index contributed by atoms with van der Waals surface area (Å²) in [6.45, 7) is 1.95. The van der Waals surface area contributed by atoms with Gasteiger partial charge in [-0.2, -0.15) is 8.42 Å². The van der Waals surface area contributed by atoms with Crippen molar-refractivity contribution in [2.24, 2.45) is 4.40 Å². The van der Waals surface area contributed by atoms with E-state index in [1.807, 2.05) is 6.92 Å². The van der Waals surface area contributed by atoms with E-state index in [1.54, 1.807) is 22.4 Å². The fourth-order valence-corrected chi connectivity index (χ4v) is 6.34. The molecule has 1 amide bonds. The second-order valence-corrected chi connectivity index (χ2v) is 9.74. The van der Waals surface area contributed by atoms with Crippen molar-refractivity contribution >= 4 is 44.2 Å². The first kappa shape index (κ1) is 17.0. The van der Waals surface area contributed by atoms with Gasteiger partial charge in [0.05, 0.1) is 5.25 Å². The second-order valence-electron chi connectivity index (χ2n) is 5.80. The Kier molecular flexibility index (Phi) is 5.13. The van der Waals surface area contributed by atoms with Crippen molar-refractivity contribution in [2.75, 3.05) is 0 Å². The lowest BCUT2D eigenvalue weighted by atomic mass is 9.94. The van der Waals surface area contributed by atoms with Gasteiger partial charge < -0.3 is 0 Å². The highest BCUT2D eigenvalue weighted by Gasteiger charge is 2.42. The van der Waals surface area contributed by atoms with Gasteiger partial charge in [-0.05, 0) is 30.7 Å². The van der Waals surface area contributed by atoms with Crippen molar-refractivity contribution < 1.29 is 13.2 Å². The highest BCUT2D eigenvalue weighted by molar-refractivity contribution is 8.16. The fourth-order valence-electron chi connectivity index (χ4n) is 3.04. The molecule has 0 spiro atoms. The Morgan fingerprint density at radius 1 is 1.30 bits per heavy atom. The Labute approximate surface area is 145 Å². The van der Waals surface area contributed by atoms with E-state index in [9.17, 15) is 13.2 Å². The minimum Gasteiger partial charge on any atom is -0.287 e. The van der Waals surface area contributed by atoms with Gasteiger partial charge in [-0.3, -0.25) is 9.69 Å². The first-order valence-electron chi connectivity index (χ1n) is 7.91. The zero-order valence-electron chi connectivity index (χ0n) is 13.0. The number of carbonyl (C=O) groups excluding carboxylic acids is 1. The SMILES string of the molecule is CC[C@@H]1SC(=NS(=O)(=O)c2cccs2)N(C2CCCCC2)C1=O. The molecule has 5 nitrogen and oxygen atoms in total. The van der Waals surface area contributed by atoms with Gasteiger partial charge in [0.15, 0.2) is 5.17 Å². The highest BCUT2D eigenvalue weighted by Crippen LogP contribution is 2.36. The number of rotatable bonds is 4. The smallest absolute Gasteiger partial charge is 0.287 e. The van der Waals surface area contributed by atoms with Gasteiger partial charge in [0, 0.05) is 6.04 Å². The molecule has 2 fully saturated rings.